The smallest absolute Gasteiger partial charge is 0.212 e. The normalized spacial score (nSPS) is 11.7. The molecule has 2 aromatic rings. The van der Waals surface area contributed by atoms with Crippen LogP contribution in [0.3, 0.4) is 0 Å². The van der Waals surface area contributed by atoms with Gasteiger partial charge in [-0.2, -0.15) is 0 Å². The van der Waals surface area contributed by atoms with Gasteiger partial charge in [0.1, 0.15) is 9.79 Å². The molecule has 2 aromatic carbocycles. The highest BCUT2D eigenvalue weighted by Crippen LogP contribution is 2.41. The molecule has 0 amide bonds. The van der Waals surface area contributed by atoms with E-state index in [1.807, 2.05) is 0 Å². The minimum atomic E-state index is -4.14. The van der Waals surface area contributed by atoms with Gasteiger partial charge >= 0.3 is 0 Å². The third kappa shape index (κ3) is 3.40. The molecule has 0 atom stereocenters. The summed E-state index contributed by atoms with van der Waals surface area (Å²) in [7, 11) is -4.14. The molecule has 0 saturated carbocycles. The highest BCUT2D eigenvalue weighted by Gasteiger charge is 2.29. The predicted molar refractivity (Wildman–Crippen MR) is 88.4 cm³/mol. The Morgan fingerprint density at radius 1 is 0.571 bits per heavy atom. The molecule has 0 N–H and O–H groups in total. The summed E-state index contributed by atoms with van der Waals surface area (Å²) < 4.78 is 25.4. The maximum absolute atomic E-state index is 12.7. The van der Waals surface area contributed by atoms with Crippen molar-refractivity contribution in [2.24, 2.45) is 0 Å². The van der Waals surface area contributed by atoms with Crippen LogP contribution in [-0.2, 0) is 9.84 Å². The molecule has 2 nitrogen and oxygen atoms in total. The van der Waals surface area contributed by atoms with Crippen LogP contribution in [0.1, 0.15) is 0 Å². The molecule has 0 radical (unpaired) electrons. The Balaban J connectivity index is 2.81. The first kappa shape index (κ1) is 17.5. The van der Waals surface area contributed by atoms with Crippen LogP contribution in [-0.4, -0.2) is 8.42 Å². The summed E-state index contributed by atoms with van der Waals surface area (Å²) in [6, 6.07) is 5.05. The molecule has 0 aromatic heterocycles. The van der Waals surface area contributed by atoms with Crippen LogP contribution >= 0.6 is 69.6 Å². The Labute approximate surface area is 151 Å². The Kier molecular flexibility index (Phi) is 5.27. The maximum atomic E-state index is 12.7. The topological polar surface area (TPSA) is 34.1 Å². The van der Waals surface area contributed by atoms with Crippen molar-refractivity contribution >= 4 is 79.4 Å². The quantitative estimate of drug-likeness (QED) is 0.555. The van der Waals surface area contributed by atoms with Crippen LogP contribution in [0.5, 0.6) is 0 Å². The minimum Gasteiger partial charge on any atom is -0.218 e. The Morgan fingerprint density at radius 3 is 1.05 bits per heavy atom. The monoisotopic (exact) mass is 422 g/mol. The van der Waals surface area contributed by atoms with E-state index in [1.54, 1.807) is 0 Å². The van der Waals surface area contributed by atoms with Crippen molar-refractivity contribution in [1.82, 2.24) is 0 Å². The molecule has 2 rings (SSSR count). The molecular weight excluding hydrogens is 421 g/mol. The summed E-state index contributed by atoms with van der Waals surface area (Å²) in [6.07, 6.45) is 0. The first-order valence-electron chi connectivity index (χ1n) is 5.18. The van der Waals surface area contributed by atoms with Crippen LogP contribution in [0.2, 0.25) is 30.1 Å². The molecule has 0 saturated heterocycles. The van der Waals surface area contributed by atoms with Gasteiger partial charge in [0.05, 0.1) is 20.1 Å². The number of halogens is 6. The van der Waals surface area contributed by atoms with Gasteiger partial charge in [-0.3, -0.25) is 0 Å². The number of hydrogen-bond acceptors (Lipinski definition) is 2. The summed E-state index contributed by atoms with van der Waals surface area (Å²) in [4.78, 5) is -0.636. The average molecular weight is 425 g/mol. The Hall–Kier alpha value is 0.130. The lowest BCUT2D eigenvalue weighted by molar-refractivity contribution is 0.596. The second kappa shape index (κ2) is 6.32. The zero-order valence-corrected chi connectivity index (χ0v) is 15.2. The largest absolute Gasteiger partial charge is 0.218 e. The van der Waals surface area contributed by atoms with E-state index in [9.17, 15) is 8.42 Å². The number of sulfone groups is 1. The van der Waals surface area contributed by atoms with E-state index in [4.69, 9.17) is 69.6 Å². The van der Waals surface area contributed by atoms with E-state index in [1.165, 1.54) is 24.3 Å². The third-order valence-electron chi connectivity index (χ3n) is 2.46. The lowest BCUT2D eigenvalue weighted by Crippen LogP contribution is -2.05. The molecule has 0 aliphatic carbocycles. The standard InChI is InChI=1S/C12H4Cl6O2S/c13-5-1-7(15)11(8(16)2-5)21(19,20)12-9(17)3-6(14)4-10(12)18/h1-4H. The SMILES string of the molecule is O=S(=O)(c1c(Cl)cc(Cl)cc1Cl)c1c(Cl)cc(Cl)cc1Cl. The fourth-order valence-electron chi connectivity index (χ4n) is 1.67. The molecule has 0 heterocycles. The van der Waals surface area contributed by atoms with Gasteiger partial charge < -0.3 is 0 Å². The fraction of sp³-hybridized carbons (Fsp3) is 0. The van der Waals surface area contributed by atoms with Crippen molar-refractivity contribution < 1.29 is 8.42 Å². The Bertz CT molecular complexity index is 722. The van der Waals surface area contributed by atoms with E-state index < -0.39 is 9.84 Å². The number of hydrogen-bond donors (Lipinski definition) is 0. The van der Waals surface area contributed by atoms with E-state index in [-0.39, 0.29) is 39.9 Å². The van der Waals surface area contributed by atoms with Gasteiger partial charge in [-0.15, -0.1) is 0 Å². The molecule has 21 heavy (non-hydrogen) atoms. The average Bonchev–Trinajstić information content (AvgIpc) is 2.23. The summed E-state index contributed by atoms with van der Waals surface area (Å²) in [5, 5.41) is -0.108. The molecule has 9 heteroatoms. The van der Waals surface area contributed by atoms with Crippen molar-refractivity contribution in [3.05, 3.63) is 54.4 Å². The van der Waals surface area contributed by atoms with Crippen LogP contribution in [0.25, 0.3) is 0 Å². The first-order chi connectivity index (χ1) is 9.64. The van der Waals surface area contributed by atoms with Gasteiger partial charge in [0.25, 0.3) is 0 Å². The molecule has 112 valence electrons. The fourth-order valence-corrected chi connectivity index (χ4v) is 5.99. The second-order valence-corrected chi connectivity index (χ2v) is 8.23. The summed E-state index contributed by atoms with van der Waals surface area (Å²) >= 11 is 35.3. The predicted octanol–water partition coefficient (Wildman–Crippen LogP) is 6.44. The number of benzene rings is 2. The molecule has 0 aliphatic rings. The van der Waals surface area contributed by atoms with Gasteiger partial charge in [-0.25, -0.2) is 8.42 Å². The van der Waals surface area contributed by atoms with Crippen molar-refractivity contribution in [3.63, 3.8) is 0 Å². The van der Waals surface area contributed by atoms with Gasteiger partial charge in [0.2, 0.25) is 9.84 Å². The van der Waals surface area contributed by atoms with Crippen LogP contribution < -0.4 is 0 Å². The zero-order valence-electron chi connectivity index (χ0n) is 9.80. The summed E-state index contributed by atoms with van der Waals surface area (Å²) in [5.74, 6) is 0. The van der Waals surface area contributed by atoms with Gasteiger partial charge in [-0.05, 0) is 24.3 Å². The zero-order chi connectivity index (χ0) is 15.9. The van der Waals surface area contributed by atoms with E-state index in [0.717, 1.165) is 0 Å². The molecule has 0 spiro atoms. The molecular formula is C12H4Cl6O2S. The minimum absolute atomic E-state index is 0.130. The molecule has 0 aliphatic heterocycles. The van der Waals surface area contributed by atoms with Crippen LogP contribution in [0, 0.1) is 0 Å². The second-order valence-electron chi connectivity index (χ2n) is 3.90. The van der Waals surface area contributed by atoms with Crippen LogP contribution in [0.4, 0.5) is 0 Å². The van der Waals surface area contributed by atoms with Crippen LogP contribution in [0.15, 0.2) is 34.1 Å². The van der Waals surface area contributed by atoms with E-state index in [2.05, 4.69) is 0 Å². The first-order valence-corrected chi connectivity index (χ1v) is 8.94. The van der Waals surface area contributed by atoms with E-state index in [0.29, 0.717) is 0 Å². The van der Waals surface area contributed by atoms with E-state index >= 15 is 0 Å². The summed E-state index contributed by atoms with van der Waals surface area (Å²) in [6.45, 7) is 0. The van der Waals surface area contributed by atoms with Crippen molar-refractivity contribution in [2.45, 2.75) is 9.79 Å². The number of rotatable bonds is 2. The maximum Gasteiger partial charge on any atom is 0.212 e. The van der Waals surface area contributed by atoms with Crippen molar-refractivity contribution in [1.29, 1.82) is 0 Å². The molecule has 0 bridgehead atoms. The summed E-state index contributed by atoms with van der Waals surface area (Å²) in [5.41, 5.74) is 0. The third-order valence-corrected chi connectivity index (χ3v) is 6.50. The highest BCUT2D eigenvalue weighted by atomic mass is 35.5. The lowest BCUT2D eigenvalue weighted by atomic mass is 10.3. The van der Waals surface area contributed by atoms with Crippen molar-refractivity contribution in [3.8, 4) is 0 Å². The van der Waals surface area contributed by atoms with Gasteiger partial charge in [0, 0.05) is 10.0 Å². The molecule has 0 fully saturated rings. The van der Waals surface area contributed by atoms with Gasteiger partial charge in [-0.1, -0.05) is 69.6 Å². The molecule has 0 unspecified atom stereocenters. The van der Waals surface area contributed by atoms with Gasteiger partial charge in [0.15, 0.2) is 0 Å². The lowest BCUT2D eigenvalue weighted by Gasteiger charge is -2.12. The highest BCUT2D eigenvalue weighted by molar-refractivity contribution is 7.92. The van der Waals surface area contributed by atoms with Crippen molar-refractivity contribution in [2.75, 3.05) is 0 Å². The Morgan fingerprint density at radius 2 is 0.810 bits per heavy atom.